The summed E-state index contributed by atoms with van der Waals surface area (Å²) in [5.74, 6) is 5.60. The first-order valence-corrected chi connectivity index (χ1v) is 6.36. The van der Waals surface area contributed by atoms with Crippen molar-refractivity contribution in [1.29, 1.82) is 0 Å². The van der Waals surface area contributed by atoms with Gasteiger partial charge in [0, 0.05) is 23.7 Å². The number of aryl methyl sites for hydroxylation is 2. The van der Waals surface area contributed by atoms with Gasteiger partial charge in [-0.2, -0.15) is 0 Å². The minimum atomic E-state index is 0.0143. The van der Waals surface area contributed by atoms with Crippen LogP contribution in [-0.2, 0) is 6.42 Å². The molecule has 0 bridgehead atoms. The first-order chi connectivity index (χ1) is 8.19. The van der Waals surface area contributed by atoms with Crippen LogP contribution in [0.3, 0.4) is 0 Å². The molecular weight excluding hydrogens is 232 g/mol. The second-order valence-electron chi connectivity index (χ2n) is 4.06. The van der Waals surface area contributed by atoms with Crippen molar-refractivity contribution < 1.29 is 0 Å². The topological polar surface area (TPSA) is 63.8 Å². The Morgan fingerprint density at radius 1 is 1.47 bits per heavy atom. The van der Waals surface area contributed by atoms with Crippen molar-refractivity contribution in [1.82, 2.24) is 15.4 Å². The highest BCUT2D eigenvalue weighted by Gasteiger charge is 2.13. The van der Waals surface area contributed by atoms with E-state index in [-0.39, 0.29) is 6.04 Å². The lowest BCUT2D eigenvalue weighted by atomic mass is 10.1. The number of hydrazine groups is 1. The van der Waals surface area contributed by atoms with Crippen LogP contribution in [0.15, 0.2) is 23.7 Å². The predicted octanol–water partition coefficient (Wildman–Crippen LogP) is 1.90. The molecule has 0 amide bonds. The van der Waals surface area contributed by atoms with E-state index in [0.29, 0.717) is 0 Å². The van der Waals surface area contributed by atoms with Crippen LogP contribution in [-0.4, -0.2) is 9.97 Å². The summed E-state index contributed by atoms with van der Waals surface area (Å²) in [6.45, 7) is 4.04. The van der Waals surface area contributed by atoms with E-state index in [4.69, 9.17) is 5.84 Å². The van der Waals surface area contributed by atoms with E-state index < -0.39 is 0 Å². The lowest BCUT2D eigenvalue weighted by molar-refractivity contribution is 0.536. The van der Waals surface area contributed by atoms with E-state index in [0.717, 1.165) is 22.8 Å². The van der Waals surface area contributed by atoms with Crippen molar-refractivity contribution >= 4 is 11.3 Å². The molecule has 0 aliphatic rings. The number of thiazole rings is 1. The van der Waals surface area contributed by atoms with E-state index in [9.17, 15) is 0 Å². The monoisotopic (exact) mass is 248 g/mol. The second kappa shape index (κ2) is 5.35. The van der Waals surface area contributed by atoms with Gasteiger partial charge < -0.3 is 0 Å². The van der Waals surface area contributed by atoms with Gasteiger partial charge in [-0.15, -0.1) is 11.3 Å². The Hall–Kier alpha value is -1.30. The first kappa shape index (κ1) is 12.2. The zero-order valence-corrected chi connectivity index (χ0v) is 10.8. The standard InChI is InChI=1S/C12H16N4S/c1-8-3-4-14-10(5-8)11(16-13)6-12-15-9(2)7-17-12/h3-5,7,11,16H,6,13H2,1-2H3. The highest BCUT2D eigenvalue weighted by Crippen LogP contribution is 2.19. The van der Waals surface area contributed by atoms with Gasteiger partial charge in [-0.25, -0.2) is 4.98 Å². The zero-order valence-electron chi connectivity index (χ0n) is 9.97. The molecule has 5 heteroatoms. The van der Waals surface area contributed by atoms with Crippen molar-refractivity contribution in [3.8, 4) is 0 Å². The van der Waals surface area contributed by atoms with E-state index in [1.54, 1.807) is 11.3 Å². The van der Waals surface area contributed by atoms with Crippen molar-refractivity contribution in [3.63, 3.8) is 0 Å². The third kappa shape index (κ3) is 3.09. The Bertz CT molecular complexity index is 495. The number of pyridine rings is 1. The smallest absolute Gasteiger partial charge is 0.0948 e. The summed E-state index contributed by atoms with van der Waals surface area (Å²) < 4.78 is 0. The maximum Gasteiger partial charge on any atom is 0.0948 e. The van der Waals surface area contributed by atoms with E-state index in [1.165, 1.54) is 5.56 Å². The average molecular weight is 248 g/mol. The third-order valence-corrected chi connectivity index (χ3v) is 3.53. The normalized spacial score (nSPS) is 12.6. The predicted molar refractivity (Wildman–Crippen MR) is 69.6 cm³/mol. The molecule has 17 heavy (non-hydrogen) atoms. The Kier molecular flexibility index (Phi) is 3.83. The minimum Gasteiger partial charge on any atom is -0.271 e. The number of rotatable bonds is 4. The Morgan fingerprint density at radius 3 is 2.88 bits per heavy atom. The van der Waals surface area contributed by atoms with Gasteiger partial charge in [0.05, 0.1) is 16.7 Å². The summed E-state index contributed by atoms with van der Waals surface area (Å²) in [4.78, 5) is 8.79. The molecule has 2 aromatic rings. The maximum atomic E-state index is 5.60. The lowest BCUT2D eigenvalue weighted by Gasteiger charge is -2.14. The summed E-state index contributed by atoms with van der Waals surface area (Å²) in [7, 11) is 0. The van der Waals surface area contributed by atoms with Crippen LogP contribution >= 0.6 is 11.3 Å². The molecule has 2 rings (SSSR count). The molecule has 4 nitrogen and oxygen atoms in total. The minimum absolute atomic E-state index is 0.0143. The summed E-state index contributed by atoms with van der Waals surface area (Å²) in [6, 6.07) is 4.04. The molecule has 1 atom stereocenters. The molecule has 0 aromatic carbocycles. The number of nitrogens with two attached hydrogens (primary N) is 1. The SMILES string of the molecule is Cc1ccnc(C(Cc2nc(C)cs2)NN)c1. The molecule has 0 saturated carbocycles. The van der Waals surface area contributed by atoms with E-state index in [2.05, 4.69) is 15.4 Å². The van der Waals surface area contributed by atoms with Crippen LogP contribution < -0.4 is 11.3 Å². The average Bonchev–Trinajstić information content (AvgIpc) is 2.72. The third-order valence-electron chi connectivity index (χ3n) is 2.54. The van der Waals surface area contributed by atoms with E-state index in [1.807, 2.05) is 37.6 Å². The number of hydrogen-bond acceptors (Lipinski definition) is 5. The fourth-order valence-electron chi connectivity index (χ4n) is 1.67. The van der Waals surface area contributed by atoms with Gasteiger partial charge in [0.1, 0.15) is 0 Å². The molecule has 0 fully saturated rings. The van der Waals surface area contributed by atoms with Gasteiger partial charge >= 0.3 is 0 Å². The maximum absolute atomic E-state index is 5.60. The summed E-state index contributed by atoms with van der Waals surface area (Å²) in [5.41, 5.74) is 6.01. The highest BCUT2D eigenvalue weighted by molar-refractivity contribution is 7.09. The molecule has 0 aliphatic heterocycles. The van der Waals surface area contributed by atoms with Gasteiger partial charge in [-0.1, -0.05) is 0 Å². The molecule has 3 N–H and O–H groups in total. The van der Waals surface area contributed by atoms with Gasteiger partial charge in [0.25, 0.3) is 0 Å². The molecule has 0 spiro atoms. The van der Waals surface area contributed by atoms with Crippen LogP contribution in [0.25, 0.3) is 0 Å². The van der Waals surface area contributed by atoms with Crippen molar-refractivity contribution in [2.75, 3.05) is 0 Å². The van der Waals surface area contributed by atoms with Crippen LogP contribution in [0.2, 0.25) is 0 Å². The Balaban J connectivity index is 2.16. The van der Waals surface area contributed by atoms with Crippen LogP contribution in [0.5, 0.6) is 0 Å². The Morgan fingerprint density at radius 2 is 2.29 bits per heavy atom. The molecule has 90 valence electrons. The van der Waals surface area contributed by atoms with Crippen molar-refractivity contribution in [3.05, 3.63) is 45.7 Å². The molecular formula is C12H16N4S. The number of nitrogens with zero attached hydrogens (tertiary/aromatic N) is 2. The van der Waals surface area contributed by atoms with Gasteiger partial charge in [-0.3, -0.25) is 16.3 Å². The number of nitrogens with one attached hydrogen (secondary N) is 1. The number of aromatic nitrogens is 2. The van der Waals surface area contributed by atoms with E-state index >= 15 is 0 Å². The van der Waals surface area contributed by atoms with Crippen LogP contribution in [0.1, 0.15) is 28.0 Å². The molecule has 0 aliphatic carbocycles. The molecule has 0 radical (unpaired) electrons. The van der Waals surface area contributed by atoms with Gasteiger partial charge in [0.15, 0.2) is 0 Å². The Labute approximate surface area is 105 Å². The lowest BCUT2D eigenvalue weighted by Crippen LogP contribution is -2.30. The largest absolute Gasteiger partial charge is 0.271 e. The zero-order chi connectivity index (χ0) is 12.3. The molecule has 2 heterocycles. The fraction of sp³-hybridized carbons (Fsp3) is 0.333. The van der Waals surface area contributed by atoms with Gasteiger partial charge in [0.2, 0.25) is 0 Å². The van der Waals surface area contributed by atoms with Crippen LogP contribution in [0, 0.1) is 13.8 Å². The fourth-order valence-corrected chi connectivity index (χ4v) is 2.49. The van der Waals surface area contributed by atoms with Crippen molar-refractivity contribution in [2.24, 2.45) is 5.84 Å². The highest BCUT2D eigenvalue weighted by atomic mass is 32.1. The van der Waals surface area contributed by atoms with Gasteiger partial charge in [-0.05, 0) is 31.5 Å². The summed E-state index contributed by atoms with van der Waals surface area (Å²) in [6.07, 6.45) is 2.58. The van der Waals surface area contributed by atoms with Crippen LogP contribution in [0.4, 0.5) is 0 Å². The second-order valence-corrected chi connectivity index (χ2v) is 5.01. The molecule has 1 unspecified atom stereocenters. The first-order valence-electron chi connectivity index (χ1n) is 5.48. The van der Waals surface area contributed by atoms with Crippen molar-refractivity contribution in [2.45, 2.75) is 26.3 Å². The number of hydrogen-bond donors (Lipinski definition) is 2. The molecule has 0 saturated heterocycles. The summed E-state index contributed by atoms with van der Waals surface area (Å²) in [5, 5.41) is 3.13. The molecule has 2 aromatic heterocycles. The quantitative estimate of drug-likeness (QED) is 0.641. The summed E-state index contributed by atoms with van der Waals surface area (Å²) >= 11 is 1.66.